The van der Waals surface area contributed by atoms with E-state index in [0.29, 0.717) is 61.7 Å². The third kappa shape index (κ3) is 8.30. The summed E-state index contributed by atoms with van der Waals surface area (Å²) in [6, 6.07) is 8.76. The normalized spacial score (nSPS) is 26.0. The van der Waals surface area contributed by atoms with Gasteiger partial charge in [0.1, 0.15) is 34.8 Å². The second-order valence-electron chi connectivity index (χ2n) is 16.9. The molecule has 9 rings (SSSR count). The molecule has 0 unspecified atom stereocenters. The lowest BCUT2D eigenvalue weighted by atomic mass is 10.0. The van der Waals surface area contributed by atoms with Crippen LogP contribution in [0.3, 0.4) is 0 Å². The number of furan rings is 1. The molecule has 62 heavy (non-hydrogen) atoms. The minimum absolute atomic E-state index is 0.0427. The molecule has 5 atom stereocenters. The SMILES string of the molecule is O=C1N[C@]2(C(=O)NS(=O)(=O)C3CC3)C[C@H]2C=CCCCCC[C@H](NC(=O)N2CCCC2)C(=O)N2C[C@H](Oc3nc(-c4ccc(C(F)(F)F)cc4)nc4c3oc3ccccc34)C[C@@H]12. The Hall–Kier alpha value is -5.72. The zero-order valence-electron chi connectivity index (χ0n) is 33.7. The van der Waals surface area contributed by atoms with Gasteiger partial charge in [0, 0.05) is 36.4 Å². The zero-order valence-corrected chi connectivity index (χ0v) is 34.5. The third-order valence-electron chi connectivity index (χ3n) is 12.5. The number of allylic oxidation sites excluding steroid dienone is 1. The number of nitrogens with zero attached hydrogens (tertiary/aromatic N) is 4. The van der Waals surface area contributed by atoms with Crippen LogP contribution in [0.15, 0.2) is 65.1 Å². The molecule has 19 heteroatoms. The van der Waals surface area contributed by atoms with Crippen LogP contribution >= 0.6 is 0 Å². The number of hydrogen-bond acceptors (Lipinski definition) is 10. The molecule has 2 aliphatic carbocycles. The number of sulfonamides is 1. The van der Waals surface area contributed by atoms with Crippen molar-refractivity contribution in [3.63, 3.8) is 0 Å². The Bertz CT molecular complexity index is 2560. The van der Waals surface area contributed by atoms with Gasteiger partial charge in [-0.1, -0.05) is 49.3 Å². The molecular formula is C43H46F3N7O8S. The van der Waals surface area contributed by atoms with E-state index in [0.717, 1.165) is 37.8 Å². The minimum atomic E-state index is -4.56. The fourth-order valence-electron chi connectivity index (χ4n) is 8.75. The van der Waals surface area contributed by atoms with Crippen LogP contribution in [0, 0.1) is 5.92 Å². The molecule has 15 nitrogen and oxygen atoms in total. The number of carbonyl (C=O) groups excluding carboxylic acids is 4. The maximum absolute atomic E-state index is 14.8. The number of ether oxygens (including phenoxy) is 1. The standard InChI is InChI=1S/C43H46F3N7O8S/c44-43(45,46)26-16-14-25(15-17-26)36-48-34-30-11-6-7-13-33(30)61-35(34)38(49-36)60-28-22-32-37(54)50-42(40(56)51-62(58,59)29-18-19-29)23-27(42)10-4-2-1-3-5-12-31(39(55)53(32)24-28)47-41(57)52-20-8-9-21-52/h4,6-7,10-11,13-17,27-29,31-32H,1-3,5,8-9,12,18-24H2,(H,47,57)(H,50,54)(H,51,56)/t27-,28-,31+,32+,42-/m1/s1. The number of rotatable bonds is 7. The van der Waals surface area contributed by atoms with Gasteiger partial charge in [-0.15, -0.1) is 0 Å². The van der Waals surface area contributed by atoms with Gasteiger partial charge in [0.05, 0.1) is 17.4 Å². The Labute approximate surface area is 354 Å². The molecule has 5 aliphatic rings. The number of urea groups is 1. The molecule has 328 valence electrons. The number of para-hydroxylation sites is 1. The van der Waals surface area contributed by atoms with Gasteiger partial charge >= 0.3 is 12.2 Å². The van der Waals surface area contributed by atoms with Crippen LogP contribution < -0.4 is 20.1 Å². The van der Waals surface area contributed by atoms with Gasteiger partial charge in [0.15, 0.2) is 5.82 Å². The first-order valence-corrected chi connectivity index (χ1v) is 22.7. The molecule has 5 heterocycles. The van der Waals surface area contributed by atoms with Crippen LogP contribution in [0.25, 0.3) is 33.5 Å². The molecule has 3 N–H and O–H groups in total. The number of halogens is 3. The zero-order chi connectivity index (χ0) is 43.4. The van der Waals surface area contributed by atoms with Crippen molar-refractivity contribution < 1.29 is 49.9 Å². The molecule has 4 aromatic rings. The molecule has 2 saturated heterocycles. The average molecular weight is 878 g/mol. The molecular weight excluding hydrogens is 832 g/mol. The smallest absolute Gasteiger partial charge is 0.416 e. The molecule has 0 radical (unpaired) electrons. The average Bonchev–Trinajstić information content (AvgIpc) is 4.03. The van der Waals surface area contributed by atoms with E-state index in [1.807, 2.05) is 12.2 Å². The van der Waals surface area contributed by atoms with Crippen molar-refractivity contribution in [2.45, 2.75) is 106 Å². The van der Waals surface area contributed by atoms with E-state index in [2.05, 4.69) is 25.3 Å². The van der Waals surface area contributed by atoms with Crippen LogP contribution in [0.5, 0.6) is 5.88 Å². The highest BCUT2D eigenvalue weighted by molar-refractivity contribution is 7.91. The van der Waals surface area contributed by atoms with Crippen LogP contribution in [-0.2, 0) is 30.6 Å². The predicted molar refractivity (Wildman–Crippen MR) is 219 cm³/mol. The van der Waals surface area contributed by atoms with Crippen molar-refractivity contribution in [3.8, 4) is 17.3 Å². The molecule has 2 aromatic carbocycles. The van der Waals surface area contributed by atoms with Crippen molar-refractivity contribution in [1.29, 1.82) is 0 Å². The monoisotopic (exact) mass is 877 g/mol. The van der Waals surface area contributed by atoms with E-state index in [1.54, 1.807) is 29.2 Å². The van der Waals surface area contributed by atoms with Crippen molar-refractivity contribution in [1.82, 2.24) is 35.1 Å². The van der Waals surface area contributed by atoms with Gasteiger partial charge in [0.25, 0.3) is 11.8 Å². The summed E-state index contributed by atoms with van der Waals surface area (Å²) in [6.45, 7) is 0.942. The number of carbonyl (C=O) groups is 4. The number of amides is 5. The number of aromatic nitrogens is 2. The van der Waals surface area contributed by atoms with E-state index in [-0.39, 0.29) is 48.3 Å². The summed E-state index contributed by atoms with van der Waals surface area (Å²) in [5.41, 5.74) is -1.27. The molecule has 2 aromatic heterocycles. The summed E-state index contributed by atoms with van der Waals surface area (Å²) in [7, 11) is -3.96. The molecule has 4 fully saturated rings. The summed E-state index contributed by atoms with van der Waals surface area (Å²) in [6.07, 6.45) is 3.90. The number of nitrogens with one attached hydrogen (secondary N) is 3. The fourth-order valence-corrected chi connectivity index (χ4v) is 10.1. The minimum Gasteiger partial charge on any atom is -0.470 e. The molecule has 0 bridgehead atoms. The van der Waals surface area contributed by atoms with Gasteiger partial charge in [0.2, 0.25) is 27.4 Å². The first kappa shape index (κ1) is 41.6. The highest BCUT2D eigenvalue weighted by Crippen LogP contribution is 2.46. The van der Waals surface area contributed by atoms with Gasteiger partial charge < -0.3 is 29.6 Å². The number of hydrogen-bond donors (Lipinski definition) is 3. The van der Waals surface area contributed by atoms with Gasteiger partial charge in [-0.25, -0.2) is 18.2 Å². The van der Waals surface area contributed by atoms with Crippen LogP contribution in [0.2, 0.25) is 0 Å². The Kier molecular flexibility index (Phi) is 10.9. The van der Waals surface area contributed by atoms with Gasteiger partial charge in [-0.05, 0) is 75.6 Å². The summed E-state index contributed by atoms with van der Waals surface area (Å²) in [4.78, 5) is 68.9. The largest absolute Gasteiger partial charge is 0.470 e. The van der Waals surface area contributed by atoms with E-state index in [1.165, 1.54) is 17.0 Å². The van der Waals surface area contributed by atoms with E-state index in [4.69, 9.17) is 9.15 Å². The Morgan fingerprint density at radius 3 is 2.45 bits per heavy atom. The Morgan fingerprint density at radius 1 is 0.952 bits per heavy atom. The van der Waals surface area contributed by atoms with Crippen molar-refractivity contribution >= 4 is 55.8 Å². The summed E-state index contributed by atoms with van der Waals surface area (Å²) in [5.74, 6) is -2.61. The van der Waals surface area contributed by atoms with Crippen molar-refractivity contribution in [3.05, 3.63) is 66.2 Å². The topological polar surface area (TPSA) is 193 Å². The van der Waals surface area contributed by atoms with Gasteiger partial charge in [-0.3, -0.25) is 19.1 Å². The van der Waals surface area contributed by atoms with E-state index >= 15 is 0 Å². The van der Waals surface area contributed by atoms with E-state index < -0.39 is 74.4 Å². The summed E-state index contributed by atoms with van der Waals surface area (Å²) in [5, 5.41) is 5.70. The maximum Gasteiger partial charge on any atom is 0.416 e. The van der Waals surface area contributed by atoms with Gasteiger partial charge in [-0.2, -0.15) is 18.2 Å². The number of fused-ring (bicyclic) bond motifs is 5. The number of likely N-dealkylation sites (tertiary alicyclic amines) is 1. The number of alkyl halides is 3. The lowest BCUT2D eigenvalue weighted by molar-refractivity contribution is -0.141. The van der Waals surface area contributed by atoms with E-state index in [9.17, 15) is 40.8 Å². The highest BCUT2D eigenvalue weighted by atomic mass is 32.2. The Balaban J connectivity index is 1.06. The maximum atomic E-state index is 14.8. The lowest BCUT2D eigenvalue weighted by Gasteiger charge is -2.30. The van der Waals surface area contributed by atoms with Crippen LogP contribution in [0.1, 0.15) is 76.2 Å². The molecule has 3 aliphatic heterocycles. The van der Waals surface area contributed by atoms with Crippen LogP contribution in [-0.4, -0.2) is 101 Å². The molecule has 0 spiro atoms. The first-order chi connectivity index (χ1) is 29.7. The lowest BCUT2D eigenvalue weighted by Crippen LogP contribution is -2.58. The Morgan fingerprint density at radius 2 is 1.71 bits per heavy atom. The van der Waals surface area contributed by atoms with Crippen molar-refractivity contribution in [2.75, 3.05) is 19.6 Å². The molecule has 5 amide bonds. The first-order valence-electron chi connectivity index (χ1n) is 21.1. The van der Waals surface area contributed by atoms with Crippen molar-refractivity contribution in [2.24, 2.45) is 5.92 Å². The quantitative estimate of drug-likeness (QED) is 0.197. The second-order valence-corrected chi connectivity index (χ2v) is 18.9. The fraction of sp³-hybridized carbons (Fsp3) is 0.488. The summed E-state index contributed by atoms with van der Waals surface area (Å²) < 4.78 is 81.2. The van der Waals surface area contributed by atoms with Crippen LogP contribution in [0.4, 0.5) is 18.0 Å². The highest BCUT2D eigenvalue weighted by Gasteiger charge is 2.62. The number of benzene rings is 2. The predicted octanol–water partition coefficient (Wildman–Crippen LogP) is 5.59. The molecule has 2 saturated carbocycles. The summed E-state index contributed by atoms with van der Waals surface area (Å²) >= 11 is 0. The third-order valence-corrected chi connectivity index (χ3v) is 14.3. The second kappa shape index (κ2) is 16.2.